The smallest absolute Gasteiger partial charge is 0.220 e. The maximum atomic E-state index is 13.1. The highest BCUT2D eigenvalue weighted by Gasteiger charge is 2.23. The van der Waals surface area contributed by atoms with Gasteiger partial charge in [0.2, 0.25) is 5.91 Å². The van der Waals surface area contributed by atoms with Crippen LogP contribution >= 0.6 is 0 Å². The molecular formula is C30H33N3O2. The summed E-state index contributed by atoms with van der Waals surface area (Å²) in [6, 6.07) is 29.5. The van der Waals surface area contributed by atoms with Gasteiger partial charge in [-0.25, -0.2) is 0 Å². The highest BCUT2D eigenvalue weighted by atomic mass is 16.5. The van der Waals surface area contributed by atoms with Gasteiger partial charge in [0, 0.05) is 62.2 Å². The Morgan fingerprint density at radius 2 is 1.57 bits per heavy atom. The van der Waals surface area contributed by atoms with Crippen LogP contribution in [0, 0.1) is 0 Å². The van der Waals surface area contributed by atoms with Crippen molar-refractivity contribution in [3.8, 4) is 0 Å². The summed E-state index contributed by atoms with van der Waals surface area (Å²) in [6.07, 6.45) is 2.67. The van der Waals surface area contributed by atoms with Crippen LogP contribution in [0.1, 0.15) is 29.0 Å². The Kier molecular flexibility index (Phi) is 7.56. The van der Waals surface area contributed by atoms with Gasteiger partial charge in [-0.1, -0.05) is 78.9 Å². The average Bonchev–Trinajstić information content (AvgIpc) is 3.27. The van der Waals surface area contributed by atoms with Crippen molar-refractivity contribution in [2.45, 2.75) is 18.9 Å². The fraction of sp³-hybridized carbons (Fsp3) is 0.300. The maximum Gasteiger partial charge on any atom is 0.220 e. The second-order valence-electron chi connectivity index (χ2n) is 9.19. The molecule has 2 heterocycles. The Balaban J connectivity index is 1.39. The SMILES string of the molecule is O=C(CC(c1ccccc1)c1cn(Cc2ccccc2)c2ccccc12)NCCN1CCOCC1. The van der Waals surface area contributed by atoms with E-state index in [9.17, 15) is 4.79 Å². The first-order valence-corrected chi connectivity index (χ1v) is 12.5. The second-order valence-corrected chi connectivity index (χ2v) is 9.19. The number of carbonyl (C=O) groups is 1. The van der Waals surface area contributed by atoms with Gasteiger partial charge in [-0.15, -0.1) is 0 Å². The molecule has 0 aliphatic carbocycles. The maximum absolute atomic E-state index is 13.1. The second kappa shape index (κ2) is 11.3. The molecule has 1 aliphatic heterocycles. The number of aromatic nitrogens is 1. The van der Waals surface area contributed by atoms with Crippen LogP contribution in [0.15, 0.2) is 91.1 Å². The van der Waals surface area contributed by atoms with Crippen LogP contribution < -0.4 is 5.32 Å². The lowest BCUT2D eigenvalue weighted by Gasteiger charge is -2.26. The zero-order chi connectivity index (χ0) is 23.9. The molecule has 180 valence electrons. The molecular weight excluding hydrogens is 434 g/mol. The number of benzene rings is 3. The molecule has 0 spiro atoms. The molecule has 1 fully saturated rings. The minimum absolute atomic E-state index is 0.0125. The number of rotatable bonds is 9. The van der Waals surface area contributed by atoms with Gasteiger partial charge < -0.3 is 14.6 Å². The molecule has 1 saturated heterocycles. The molecule has 35 heavy (non-hydrogen) atoms. The molecule has 1 atom stereocenters. The van der Waals surface area contributed by atoms with Crippen LogP contribution in [0.5, 0.6) is 0 Å². The third kappa shape index (κ3) is 5.81. The number of hydrogen-bond acceptors (Lipinski definition) is 3. The number of amides is 1. The lowest BCUT2D eigenvalue weighted by atomic mass is 9.88. The molecule has 5 rings (SSSR count). The van der Waals surface area contributed by atoms with E-state index in [-0.39, 0.29) is 11.8 Å². The first kappa shape index (κ1) is 23.3. The summed E-state index contributed by atoms with van der Waals surface area (Å²) in [5.41, 5.74) is 4.82. The van der Waals surface area contributed by atoms with E-state index >= 15 is 0 Å². The molecule has 0 bridgehead atoms. The molecule has 4 aromatic rings. The Bertz CT molecular complexity index is 1230. The van der Waals surface area contributed by atoms with E-state index in [0.29, 0.717) is 13.0 Å². The Morgan fingerprint density at radius 1 is 0.886 bits per heavy atom. The number of ether oxygens (including phenoxy) is 1. The van der Waals surface area contributed by atoms with Crippen molar-refractivity contribution < 1.29 is 9.53 Å². The lowest BCUT2D eigenvalue weighted by molar-refractivity contribution is -0.121. The summed E-state index contributed by atoms with van der Waals surface area (Å²) in [5.74, 6) is 0.0773. The molecule has 1 amide bonds. The number of para-hydroxylation sites is 1. The van der Waals surface area contributed by atoms with E-state index in [1.54, 1.807) is 0 Å². The molecule has 1 aliphatic rings. The van der Waals surface area contributed by atoms with Crippen molar-refractivity contribution in [3.63, 3.8) is 0 Å². The van der Waals surface area contributed by atoms with E-state index in [0.717, 1.165) is 39.4 Å². The quantitative estimate of drug-likeness (QED) is 0.389. The van der Waals surface area contributed by atoms with E-state index in [1.165, 1.54) is 27.6 Å². The largest absolute Gasteiger partial charge is 0.379 e. The minimum Gasteiger partial charge on any atom is -0.379 e. The van der Waals surface area contributed by atoms with Gasteiger partial charge in [-0.05, 0) is 22.8 Å². The predicted octanol–water partition coefficient (Wildman–Crippen LogP) is 4.66. The van der Waals surface area contributed by atoms with Gasteiger partial charge in [-0.2, -0.15) is 0 Å². The molecule has 5 heteroatoms. The summed E-state index contributed by atoms with van der Waals surface area (Å²) in [5, 5.41) is 4.37. The standard InChI is InChI=1S/C30H33N3O2/c34-30(31-15-16-32-17-19-35-20-18-32)21-27(25-11-5-2-6-12-25)28-23-33(22-24-9-3-1-4-10-24)29-14-8-7-13-26(28)29/h1-14,23,27H,15-22H2,(H,31,34). The molecule has 1 unspecified atom stereocenters. The van der Waals surface area contributed by atoms with Gasteiger partial charge in [0.1, 0.15) is 0 Å². The van der Waals surface area contributed by atoms with Crippen molar-refractivity contribution >= 4 is 16.8 Å². The Morgan fingerprint density at radius 3 is 2.34 bits per heavy atom. The zero-order valence-corrected chi connectivity index (χ0v) is 20.1. The van der Waals surface area contributed by atoms with E-state index in [1.807, 2.05) is 12.1 Å². The highest BCUT2D eigenvalue weighted by molar-refractivity contribution is 5.86. The van der Waals surface area contributed by atoms with Gasteiger partial charge >= 0.3 is 0 Å². The monoisotopic (exact) mass is 467 g/mol. The van der Waals surface area contributed by atoms with Gasteiger partial charge in [0.25, 0.3) is 0 Å². The van der Waals surface area contributed by atoms with Crippen molar-refractivity contribution in [3.05, 3.63) is 108 Å². The number of morpholine rings is 1. The van der Waals surface area contributed by atoms with Crippen molar-refractivity contribution in [1.29, 1.82) is 0 Å². The number of hydrogen-bond donors (Lipinski definition) is 1. The summed E-state index contributed by atoms with van der Waals surface area (Å²) >= 11 is 0. The van der Waals surface area contributed by atoms with Crippen LogP contribution in [0.25, 0.3) is 10.9 Å². The summed E-state index contributed by atoms with van der Waals surface area (Å²) in [4.78, 5) is 15.5. The fourth-order valence-corrected chi connectivity index (χ4v) is 4.99. The number of nitrogens with one attached hydrogen (secondary N) is 1. The fourth-order valence-electron chi connectivity index (χ4n) is 4.99. The molecule has 0 saturated carbocycles. The Labute approximate surface area is 207 Å². The normalized spacial score (nSPS) is 15.2. The topological polar surface area (TPSA) is 46.5 Å². The van der Waals surface area contributed by atoms with Crippen LogP contribution in [0.3, 0.4) is 0 Å². The average molecular weight is 468 g/mol. The van der Waals surface area contributed by atoms with Crippen molar-refractivity contribution in [2.75, 3.05) is 39.4 Å². The van der Waals surface area contributed by atoms with Gasteiger partial charge in [0.05, 0.1) is 13.2 Å². The summed E-state index contributed by atoms with van der Waals surface area (Å²) in [7, 11) is 0. The van der Waals surface area contributed by atoms with Gasteiger partial charge in [0.15, 0.2) is 0 Å². The predicted molar refractivity (Wildman–Crippen MR) is 141 cm³/mol. The first-order chi connectivity index (χ1) is 17.3. The van der Waals surface area contributed by atoms with Crippen LogP contribution in [-0.4, -0.2) is 54.8 Å². The first-order valence-electron chi connectivity index (χ1n) is 12.5. The van der Waals surface area contributed by atoms with Crippen LogP contribution in [0.4, 0.5) is 0 Å². The molecule has 1 N–H and O–H groups in total. The molecule has 3 aromatic carbocycles. The van der Waals surface area contributed by atoms with Crippen LogP contribution in [0.2, 0.25) is 0 Å². The molecule has 0 radical (unpaired) electrons. The third-order valence-corrected chi connectivity index (χ3v) is 6.84. The Hall–Kier alpha value is -3.41. The summed E-state index contributed by atoms with van der Waals surface area (Å²) < 4.78 is 7.73. The van der Waals surface area contributed by atoms with E-state index in [2.05, 4.69) is 93.8 Å². The molecule has 1 aromatic heterocycles. The molecule has 5 nitrogen and oxygen atoms in total. The highest BCUT2D eigenvalue weighted by Crippen LogP contribution is 2.35. The zero-order valence-electron chi connectivity index (χ0n) is 20.1. The number of carbonyl (C=O) groups excluding carboxylic acids is 1. The van der Waals surface area contributed by atoms with Gasteiger partial charge in [-0.3, -0.25) is 9.69 Å². The van der Waals surface area contributed by atoms with E-state index in [4.69, 9.17) is 4.74 Å². The summed E-state index contributed by atoms with van der Waals surface area (Å²) in [6.45, 7) is 5.74. The van der Waals surface area contributed by atoms with Crippen molar-refractivity contribution in [1.82, 2.24) is 14.8 Å². The van der Waals surface area contributed by atoms with E-state index < -0.39 is 0 Å². The van der Waals surface area contributed by atoms with Crippen molar-refractivity contribution in [2.24, 2.45) is 0 Å². The van der Waals surface area contributed by atoms with Crippen LogP contribution in [-0.2, 0) is 16.1 Å². The number of nitrogens with zero attached hydrogens (tertiary/aromatic N) is 2. The minimum atomic E-state index is -0.0125. The third-order valence-electron chi connectivity index (χ3n) is 6.84. The number of fused-ring (bicyclic) bond motifs is 1. The lowest BCUT2D eigenvalue weighted by Crippen LogP contribution is -2.41.